The summed E-state index contributed by atoms with van der Waals surface area (Å²) in [5.74, 6) is -1.93. The van der Waals surface area contributed by atoms with Crippen molar-refractivity contribution in [1.29, 1.82) is 0 Å². The summed E-state index contributed by atoms with van der Waals surface area (Å²) in [6, 6.07) is -0.366. The molecule has 0 spiro atoms. The van der Waals surface area contributed by atoms with Gasteiger partial charge in [-0.25, -0.2) is 23.2 Å². The maximum atomic E-state index is 13.1. The van der Waals surface area contributed by atoms with Gasteiger partial charge in [0.2, 0.25) is 24.1 Å². The predicted octanol–water partition coefficient (Wildman–Crippen LogP) is 2.69. The SMILES string of the molecule is Cn1c(=O)c2c(n(CCCC(F)F)c1=O)C(=O)N(C1CCC1)C(=O)C2.Cn1c(=O)c2c(n(CCCC3(C)CC3)c1=O)C(=O)N(C1CCC1)C(=O)C2.Cn1c(=O)c2c(n(CCCC3CC3)c1=O)C(=O)N(C1CCC1)C(=O)C2. The molecule has 0 atom stereocenters. The number of amides is 6. The molecule has 21 nitrogen and oxygen atoms in total. The van der Waals surface area contributed by atoms with Crippen molar-refractivity contribution in [2.75, 3.05) is 0 Å². The van der Waals surface area contributed by atoms with Crippen molar-refractivity contribution >= 4 is 35.4 Å². The molecule has 8 aliphatic rings. The molecule has 0 bridgehead atoms. The third-order valence-corrected chi connectivity index (χ3v) is 17.0. The van der Waals surface area contributed by atoms with Gasteiger partial charge in [0.1, 0.15) is 17.1 Å². The molecule has 5 saturated carbocycles. The average molecular weight is 1060 g/mol. The molecular formula is C53H67F2N9O12. The number of halogens is 2. The Kier molecular flexibility index (Phi) is 15.2. The summed E-state index contributed by atoms with van der Waals surface area (Å²) in [6.45, 7) is 2.96. The van der Waals surface area contributed by atoms with E-state index in [0.717, 1.165) is 99.7 Å². The van der Waals surface area contributed by atoms with Gasteiger partial charge in [0.15, 0.2) is 0 Å². The molecular weight excluding hydrogens is 993 g/mol. The number of carbonyl (C=O) groups excluding carboxylic acids is 6. The number of fused-ring (bicyclic) bond motifs is 3. The van der Waals surface area contributed by atoms with Crippen LogP contribution in [-0.2, 0) is 74.4 Å². The minimum Gasteiger partial charge on any atom is -0.288 e. The molecule has 3 aliphatic heterocycles. The van der Waals surface area contributed by atoms with Gasteiger partial charge in [-0.2, -0.15) is 0 Å². The number of aromatic nitrogens is 6. The molecule has 11 rings (SSSR count). The summed E-state index contributed by atoms with van der Waals surface area (Å²) in [5, 5.41) is 0. The molecule has 0 radical (unpaired) electrons. The molecule has 0 aromatic carbocycles. The van der Waals surface area contributed by atoms with E-state index in [4.69, 9.17) is 0 Å². The molecule has 76 heavy (non-hydrogen) atoms. The van der Waals surface area contributed by atoms with Crippen LogP contribution in [0.2, 0.25) is 0 Å². The van der Waals surface area contributed by atoms with Crippen LogP contribution in [0.25, 0.3) is 0 Å². The van der Waals surface area contributed by atoms with Gasteiger partial charge in [0.25, 0.3) is 34.4 Å². The largest absolute Gasteiger partial charge is 0.331 e. The second-order valence-electron chi connectivity index (χ2n) is 22.4. The quantitative estimate of drug-likeness (QED) is 0.200. The van der Waals surface area contributed by atoms with Crippen molar-refractivity contribution in [2.45, 2.75) is 192 Å². The highest BCUT2D eigenvalue weighted by Crippen LogP contribution is 2.49. The topological polar surface area (TPSA) is 244 Å². The first-order chi connectivity index (χ1) is 36.1. The fourth-order valence-corrected chi connectivity index (χ4v) is 11.2. The number of carbonyl (C=O) groups is 6. The highest BCUT2D eigenvalue weighted by atomic mass is 19.3. The van der Waals surface area contributed by atoms with Crippen molar-refractivity contribution in [3.8, 4) is 0 Å². The maximum absolute atomic E-state index is 13.1. The predicted molar refractivity (Wildman–Crippen MR) is 269 cm³/mol. The van der Waals surface area contributed by atoms with Gasteiger partial charge >= 0.3 is 17.1 Å². The van der Waals surface area contributed by atoms with Gasteiger partial charge in [-0.1, -0.05) is 19.8 Å². The number of alkyl halides is 2. The lowest BCUT2D eigenvalue weighted by Gasteiger charge is -2.38. The van der Waals surface area contributed by atoms with Crippen LogP contribution in [0.15, 0.2) is 28.8 Å². The van der Waals surface area contributed by atoms with Gasteiger partial charge in [0, 0.05) is 65.3 Å². The van der Waals surface area contributed by atoms with Gasteiger partial charge in [-0.15, -0.1) is 0 Å². The lowest BCUT2D eigenvalue weighted by atomic mass is 9.89. The molecule has 6 heterocycles. The zero-order valence-corrected chi connectivity index (χ0v) is 43.7. The molecule has 0 saturated heterocycles. The molecule has 5 fully saturated rings. The summed E-state index contributed by atoms with van der Waals surface area (Å²) >= 11 is 0. The highest BCUT2D eigenvalue weighted by Gasteiger charge is 2.45. The van der Waals surface area contributed by atoms with Crippen LogP contribution in [0.3, 0.4) is 0 Å². The van der Waals surface area contributed by atoms with E-state index in [1.807, 2.05) is 0 Å². The Morgan fingerprint density at radius 3 is 1.09 bits per heavy atom. The number of nitrogens with zero attached hydrogens (tertiary/aromatic N) is 9. The number of hydrogen-bond donors (Lipinski definition) is 0. The Balaban J connectivity index is 0.000000139. The van der Waals surface area contributed by atoms with E-state index >= 15 is 0 Å². The maximum Gasteiger partial charge on any atom is 0.331 e. The fraction of sp³-hybridized carbons (Fsp3) is 0.660. The molecule has 23 heteroatoms. The summed E-state index contributed by atoms with van der Waals surface area (Å²) in [7, 11) is 4.08. The molecule has 3 aromatic heterocycles. The van der Waals surface area contributed by atoms with E-state index in [2.05, 4.69) is 6.92 Å². The van der Waals surface area contributed by atoms with Gasteiger partial charge in [-0.3, -0.25) is 85.3 Å². The van der Waals surface area contributed by atoms with Crippen molar-refractivity contribution in [3.05, 3.63) is 96.3 Å². The normalized spacial score (nSPS) is 20.0. The van der Waals surface area contributed by atoms with Crippen LogP contribution in [0.5, 0.6) is 0 Å². The lowest BCUT2D eigenvalue weighted by molar-refractivity contribution is -0.132. The Morgan fingerprint density at radius 2 is 0.803 bits per heavy atom. The fourth-order valence-electron chi connectivity index (χ4n) is 11.2. The standard InChI is InChI=1S/C19H25N3O4.C18H23N3O4.C16H19F2N3O4/c1-19(8-9-19)7-4-10-21-15-13(16(24)20(2)18(21)26)11-14(23)22(17(15)25)12-5-3-6-12;1-19-16(23)13-10-14(22)21(12-5-2-6-12)17(24)15(13)20(18(19)25)9-3-4-11-7-8-11;1-19-14(23)10-8-12(22)21(9-4-2-5-9)15(24)13(10)20(16(19)25)7-3-6-11(17)18/h12H,3-11H2,1-2H3;11-12H,2-10H2,1H3;9,11H,2-8H2,1H3. The lowest BCUT2D eigenvalue weighted by Crippen LogP contribution is -2.56. The summed E-state index contributed by atoms with van der Waals surface area (Å²) < 4.78 is 31.6. The minimum absolute atomic E-state index is 0.00707. The van der Waals surface area contributed by atoms with Crippen LogP contribution < -0.4 is 33.7 Å². The molecule has 410 valence electrons. The third-order valence-electron chi connectivity index (χ3n) is 17.0. The van der Waals surface area contributed by atoms with Crippen LogP contribution in [0.1, 0.15) is 177 Å². The van der Waals surface area contributed by atoms with Crippen molar-refractivity contribution in [1.82, 2.24) is 42.1 Å². The van der Waals surface area contributed by atoms with E-state index in [1.165, 1.54) is 65.8 Å². The van der Waals surface area contributed by atoms with Gasteiger partial charge < -0.3 is 0 Å². The zero-order valence-electron chi connectivity index (χ0n) is 43.7. The molecule has 0 unspecified atom stereocenters. The Bertz CT molecular complexity index is 3150. The van der Waals surface area contributed by atoms with E-state index in [0.29, 0.717) is 31.3 Å². The first kappa shape index (κ1) is 54.1. The smallest absolute Gasteiger partial charge is 0.288 e. The first-order valence-electron chi connectivity index (χ1n) is 27.0. The Morgan fingerprint density at radius 1 is 0.474 bits per heavy atom. The molecule has 3 aromatic rings. The van der Waals surface area contributed by atoms with E-state index in [-0.39, 0.29) is 95.9 Å². The van der Waals surface area contributed by atoms with Crippen molar-refractivity contribution in [3.63, 3.8) is 0 Å². The molecule has 0 N–H and O–H groups in total. The minimum atomic E-state index is -2.51. The molecule has 5 aliphatic carbocycles. The number of hydrogen-bond acceptors (Lipinski definition) is 12. The second kappa shape index (κ2) is 21.4. The van der Waals surface area contributed by atoms with Crippen LogP contribution in [-0.4, -0.2) is 102 Å². The zero-order chi connectivity index (χ0) is 54.7. The average Bonchev–Trinajstić information content (AvgIpc) is 4.30. The summed E-state index contributed by atoms with van der Waals surface area (Å²) in [6.07, 6.45) is 12.7. The Hall–Kier alpha value is -6.68. The molecule has 6 amide bonds. The van der Waals surface area contributed by atoms with Gasteiger partial charge in [0.05, 0.1) is 36.0 Å². The highest BCUT2D eigenvalue weighted by molar-refractivity contribution is 6.10. The van der Waals surface area contributed by atoms with Crippen LogP contribution >= 0.6 is 0 Å². The van der Waals surface area contributed by atoms with E-state index in [9.17, 15) is 66.3 Å². The third kappa shape index (κ3) is 10.2. The first-order valence-corrected chi connectivity index (χ1v) is 27.0. The van der Waals surface area contributed by atoms with Gasteiger partial charge in [-0.05, 0) is 114 Å². The second-order valence-corrected chi connectivity index (χ2v) is 22.4. The van der Waals surface area contributed by atoms with E-state index in [1.54, 1.807) is 0 Å². The monoisotopic (exact) mass is 1060 g/mol. The Labute approximate surface area is 435 Å². The van der Waals surface area contributed by atoms with Crippen molar-refractivity contribution < 1.29 is 37.5 Å². The van der Waals surface area contributed by atoms with Crippen molar-refractivity contribution in [2.24, 2.45) is 32.5 Å². The summed E-state index contributed by atoms with van der Waals surface area (Å²) in [4.78, 5) is 155. The number of imide groups is 3. The number of rotatable bonds is 15. The van der Waals surface area contributed by atoms with E-state index < -0.39 is 70.2 Å². The summed E-state index contributed by atoms with van der Waals surface area (Å²) in [5.41, 5.74) is -2.51. The van der Waals surface area contributed by atoms with Crippen LogP contribution in [0.4, 0.5) is 8.78 Å². The van der Waals surface area contributed by atoms with Crippen LogP contribution in [0, 0.1) is 11.3 Å².